The third-order valence-electron chi connectivity index (χ3n) is 6.12. The normalized spacial score (nSPS) is 22.7. The summed E-state index contributed by atoms with van der Waals surface area (Å²) in [5.41, 5.74) is 0. The number of ether oxygens (including phenoxy) is 3. The molecule has 2 aromatic rings. The van der Waals surface area contributed by atoms with Gasteiger partial charge in [-0.2, -0.15) is 0 Å². The van der Waals surface area contributed by atoms with Crippen molar-refractivity contribution in [3.05, 3.63) is 73.3 Å². The van der Waals surface area contributed by atoms with E-state index in [1.165, 1.54) is 13.8 Å². The van der Waals surface area contributed by atoms with Crippen LogP contribution in [0.1, 0.15) is 34.6 Å². The van der Waals surface area contributed by atoms with Gasteiger partial charge >= 0.3 is 11.9 Å². The average molecular weight is 483 g/mol. The minimum atomic E-state index is -2.80. The summed E-state index contributed by atoms with van der Waals surface area (Å²) < 4.78 is 23.8. The minimum Gasteiger partial charge on any atom is -0.455 e. The summed E-state index contributed by atoms with van der Waals surface area (Å²) in [7, 11) is -2.80. The Morgan fingerprint density at radius 1 is 0.941 bits per heavy atom. The summed E-state index contributed by atoms with van der Waals surface area (Å²) in [6.07, 6.45) is -0.632. The molecule has 1 fully saturated rings. The second-order valence-corrected chi connectivity index (χ2v) is 13.8. The van der Waals surface area contributed by atoms with Gasteiger partial charge in [-0.3, -0.25) is 9.59 Å². The quantitative estimate of drug-likeness (QED) is 0.325. The van der Waals surface area contributed by atoms with E-state index in [9.17, 15) is 9.59 Å². The lowest BCUT2D eigenvalue weighted by Crippen LogP contribution is -2.67. The molecule has 0 aliphatic carbocycles. The molecule has 3 rings (SSSR count). The molecule has 1 aliphatic rings. The van der Waals surface area contributed by atoms with Crippen molar-refractivity contribution >= 4 is 30.6 Å². The monoisotopic (exact) mass is 482 g/mol. The van der Waals surface area contributed by atoms with Crippen molar-refractivity contribution in [3.63, 3.8) is 0 Å². The molecule has 0 saturated carbocycles. The third-order valence-corrected chi connectivity index (χ3v) is 11.1. The van der Waals surface area contributed by atoms with Gasteiger partial charge in [-0.1, -0.05) is 87.5 Å². The molecule has 4 atom stereocenters. The van der Waals surface area contributed by atoms with Gasteiger partial charge in [-0.05, 0) is 15.4 Å². The summed E-state index contributed by atoms with van der Waals surface area (Å²) in [6.45, 7) is 13.3. The van der Waals surface area contributed by atoms with Gasteiger partial charge in [-0.15, -0.1) is 6.58 Å². The van der Waals surface area contributed by atoms with Crippen molar-refractivity contribution in [2.45, 2.75) is 58.2 Å². The van der Waals surface area contributed by atoms with Gasteiger partial charge in [0.1, 0.15) is 0 Å². The zero-order valence-corrected chi connectivity index (χ0v) is 21.5. The van der Waals surface area contributed by atoms with Crippen LogP contribution in [0.25, 0.3) is 0 Å². The predicted molar refractivity (Wildman–Crippen MR) is 133 cm³/mol. The van der Waals surface area contributed by atoms with E-state index in [-0.39, 0.29) is 11.6 Å². The van der Waals surface area contributed by atoms with Crippen LogP contribution in [0.2, 0.25) is 5.04 Å². The Kier molecular flexibility index (Phi) is 8.12. The highest BCUT2D eigenvalue weighted by atomic mass is 28.4. The fourth-order valence-electron chi connectivity index (χ4n) is 4.72. The highest BCUT2D eigenvalue weighted by Crippen LogP contribution is 2.38. The van der Waals surface area contributed by atoms with Crippen LogP contribution in [-0.2, 0) is 28.2 Å². The molecule has 0 aromatic heterocycles. The summed E-state index contributed by atoms with van der Waals surface area (Å²) in [5.74, 6) is -1.39. The van der Waals surface area contributed by atoms with Crippen molar-refractivity contribution in [3.8, 4) is 0 Å². The number of benzene rings is 2. The Morgan fingerprint density at radius 2 is 1.44 bits per heavy atom. The molecule has 1 aliphatic heterocycles. The molecular formula is C27H34O6Si. The lowest BCUT2D eigenvalue weighted by atomic mass is 9.99. The van der Waals surface area contributed by atoms with Gasteiger partial charge in [-0.25, -0.2) is 0 Å². The largest absolute Gasteiger partial charge is 0.455 e. The fraction of sp³-hybridized carbons (Fsp3) is 0.407. The van der Waals surface area contributed by atoms with E-state index in [2.05, 4.69) is 51.6 Å². The maximum absolute atomic E-state index is 11.7. The molecule has 1 saturated heterocycles. The van der Waals surface area contributed by atoms with Gasteiger partial charge in [0.25, 0.3) is 8.32 Å². The third kappa shape index (κ3) is 5.32. The van der Waals surface area contributed by atoms with Gasteiger partial charge in [0.2, 0.25) is 6.29 Å². The highest BCUT2D eigenvalue weighted by molar-refractivity contribution is 6.99. The predicted octanol–water partition coefficient (Wildman–Crippen LogP) is 3.58. The highest BCUT2D eigenvalue weighted by Gasteiger charge is 2.53. The number of carbonyl (C=O) groups is 2. The van der Waals surface area contributed by atoms with Crippen LogP contribution >= 0.6 is 0 Å². The van der Waals surface area contributed by atoms with E-state index in [1.807, 2.05) is 36.4 Å². The summed E-state index contributed by atoms with van der Waals surface area (Å²) in [5, 5.41) is 2.09. The smallest absolute Gasteiger partial charge is 0.305 e. The van der Waals surface area contributed by atoms with E-state index < -0.39 is 44.7 Å². The number of hydrogen-bond donors (Lipinski definition) is 0. The molecule has 2 aromatic carbocycles. The molecule has 0 bridgehead atoms. The van der Waals surface area contributed by atoms with Crippen molar-refractivity contribution < 1.29 is 28.2 Å². The first-order valence-electron chi connectivity index (χ1n) is 11.5. The molecule has 4 unspecified atom stereocenters. The van der Waals surface area contributed by atoms with Crippen LogP contribution in [0.5, 0.6) is 0 Å². The topological polar surface area (TPSA) is 71.1 Å². The van der Waals surface area contributed by atoms with Crippen LogP contribution in [0, 0.1) is 5.92 Å². The number of carbonyl (C=O) groups excluding carboxylic acids is 2. The van der Waals surface area contributed by atoms with E-state index in [1.54, 1.807) is 6.08 Å². The second-order valence-electron chi connectivity index (χ2n) is 9.51. The van der Waals surface area contributed by atoms with Gasteiger partial charge in [0.05, 0.1) is 12.7 Å². The molecule has 0 radical (unpaired) electrons. The lowest BCUT2D eigenvalue weighted by molar-refractivity contribution is -0.195. The van der Waals surface area contributed by atoms with E-state index >= 15 is 0 Å². The van der Waals surface area contributed by atoms with Crippen LogP contribution in [0.15, 0.2) is 73.3 Å². The Bertz CT molecular complexity index is 946. The van der Waals surface area contributed by atoms with Crippen LogP contribution < -0.4 is 10.4 Å². The first-order valence-corrected chi connectivity index (χ1v) is 13.4. The van der Waals surface area contributed by atoms with Crippen LogP contribution in [0.4, 0.5) is 0 Å². The second kappa shape index (κ2) is 10.7. The van der Waals surface area contributed by atoms with Crippen molar-refractivity contribution in [2.75, 3.05) is 6.61 Å². The summed E-state index contributed by atoms with van der Waals surface area (Å²) in [6, 6.07) is 20.6. The molecule has 7 heteroatoms. The van der Waals surface area contributed by atoms with Gasteiger partial charge in [0.15, 0.2) is 6.10 Å². The molecule has 34 heavy (non-hydrogen) atoms. The molecule has 1 heterocycles. The first-order chi connectivity index (χ1) is 16.1. The zero-order valence-electron chi connectivity index (χ0n) is 20.5. The standard InChI is InChI=1S/C27H34O6Si/c1-7-23-24(33-26(32-20(3)29)25(23)31-19(2)28)18-30-34(27(4,5)6,21-14-10-8-11-15-21)22-16-12-9-13-17-22/h7-17,23-26H,1,18H2,2-6H3. The summed E-state index contributed by atoms with van der Waals surface area (Å²) >= 11 is 0. The van der Waals surface area contributed by atoms with E-state index in [0.29, 0.717) is 0 Å². The average Bonchev–Trinajstić information content (AvgIpc) is 3.09. The molecular weight excluding hydrogens is 448 g/mol. The zero-order chi connectivity index (χ0) is 24.9. The minimum absolute atomic E-state index is 0.206. The molecule has 0 amide bonds. The van der Waals surface area contributed by atoms with Gasteiger partial charge in [0, 0.05) is 19.8 Å². The molecule has 0 spiro atoms. The van der Waals surface area contributed by atoms with E-state index in [4.69, 9.17) is 18.6 Å². The maximum Gasteiger partial charge on any atom is 0.305 e. The first kappa shape index (κ1) is 25.9. The molecule has 182 valence electrons. The molecule has 6 nitrogen and oxygen atoms in total. The van der Waals surface area contributed by atoms with Crippen LogP contribution in [-0.4, -0.2) is 45.4 Å². The Balaban J connectivity index is 2.00. The number of hydrogen-bond acceptors (Lipinski definition) is 6. The van der Waals surface area contributed by atoms with Crippen molar-refractivity contribution in [1.82, 2.24) is 0 Å². The number of esters is 2. The van der Waals surface area contributed by atoms with E-state index in [0.717, 1.165) is 10.4 Å². The van der Waals surface area contributed by atoms with Crippen LogP contribution in [0.3, 0.4) is 0 Å². The number of rotatable bonds is 8. The summed E-state index contributed by atoms with van der Waals surface area (Å²) in [4.78, 5) is 23.4. The lowest BCUT2D eigenvalue weighted by Gasteiger charge is -2.43. The fourth-order valence-corrected chi connectivity index (χ4v) is 9.29. The van der Waals surface area contributed by atoms with Crippen molar-refractivity contribution in [2.24, 2.45) is 5.92 Å². The SMILES string of the molecule is C=CC1C(CO[Si](c2ccccc2)(c2ccccc2)C(C)(C)C)OC(OC(C)=O)C1OC(C)=O. The van der Waals surface area contributed by atoms with Crippen molar-refractivity contribution in [1.29, 1.82) is 0 Å². The molecule has 0 N–H and O–H groups in total. The van der Waals surface area contributed by atoms with Gasteiger partial charge < -0.3 is 18.6 Å². The Labute approximate surface area is 203 Å². The Hall–Kier alpha value is -2.74. The maximum atomic E-state index is 11.7. The Morgan fingerprint density at radius 3 is 1.85 bits per heavy atom.